The van der Waals surface area contributed by atoms with E-state index in [9.17, 15) is 0 Å². The Bertz CT molecular complexity index is 1010. The van der Waals surface area contributed by atoms with Crippen LogP contribution in [0.15, 0.2) is 47.6 Å². The minimum absolute atomic E-state index is 0.828. The van der Waals surface area contributed by atoms with Crippen LogP contribution >= 0.6 is 0 Å². The van der Waals surface area contributed by atoms with Gasteiger partial charge in [0, 0.05) is 13.1 Å². The second-order valence-corrected chi connectivity index (χ2v) is 7.79. The predicted octanol–water partition coefficient (Wildman–Crippen LogP) is 3.90. The first-order chi connectivity index (χ1) is 14.8. The lowest BCUT2D eigenvalue weighted by Crippen LogP contribution is -2.26. The molecule has 3 aromatic rings. The number of anilines is 1. The van der Waals surface area contributed by atoms with Crippen molar-refractivity contribution < 1.29 is 0 Å². The minimum atomic E-state index is 0.828. The van der Waals surface area contributed by atoms with Gasteiger partial charge >= 0.3 is 0 Å². The molecule has 0 radical (unpaired) electrons. The van der Waals surface area contributed by atoms with Crippen LogP contribution in [0.4, 0.5) is 11.5 Å². The highest BCUT2D eigenvalue weighted by molar-refractivity contribution is 5.83. The zero-order valence-corrected chi connectivity index (χ0v) is 17.7. The molecule has 1 aliphatic rings. The summed E-state index contributed by atoms with van der Waals surface area (Å²) in [5.74, 6) is 0.828. The summed E-state index contributed by atoms with van der Waals surface area (Å²) in [7, 11) is 1.96. The molecule has 156 valence electrons. The first kappa shape index (κ1) is 20.4. The molecule has 0 saturated carbocycles. The van der Waals surface area contributed by atoms with Gasteiger partial charge in [0.1, 0.15) is 5.82 Å². The number of nitrogens with one attached hydrogen (secondary N) is 2. The maximum absolute atomic E-state index is 4.79. The van der Waals surface area contributed by atoms with Crippen molar-refractivity contribution in [2.75, 3.05) is 45.1 Å². The maximum Gasteiger partial charge on any atom is 0.145 e. The molecule has 1 saturated heterocycles. The van der Waals surface area contributed by atoms with Gasteiger partial charge in [-0.2, -0.15) is 0 Å². The summed E-state index contributed by atoms with van der Waals surface area (Å²) in [6.45, 7) is 9.03. The SMILES string of the molecule is C=Nc1cc(-c2ccc3ncc(NCCN4CCCC4)nc3c2)ccc1CCNC. The fourth-order valence-corrected chi connectivity index (χ4v) is 3.99. The van der Waals surface area contributed by atoms with Crippen LogP contribution in [0.2, 0.25) is 0 Å². The Kier molecular flexibility index (Phi) is 6.67. The van der Waals surface area contributed by atoms with E-state index in [0.29, 0.717) is 0 Å². The number of likely N-dealkylation sites (N-methyl/N-ethyl adjacent to an activating group) is 1. The number of benzene rings is 2. The van der Waals surface area contributed by atoms with Gasteiger partial charge in [0.15, 0.2) is 0 Å². The molecule has 2 aromatic carbocycles. The maximum atomic E-state index is 4.79. The molecule has 2 heterocycles. The van der Waals surface area contributed by atoms with E-state index < -0.39 is 0 Å². The predicted molar refractivity (Wildman–Crippen MR) is 126 cm³/mol. The van der Waals surface area contributed by atoms with Gasteiger partial charge in [-0.25, -0.2) is 4.98 Å². The number of aliphatic imine (C=N–C) groups is 1. The molecule has 4 rings (SSSR count). The molecular weight excluding hydrogens is 372 g/mol. The van der Waals surface area contributed by atoms with Gasteiger partial charge in [0.25, 0.3) is 0 Å². The van der Waals surface area contributed by atoms with Crippen molar-refractivity contribution in [2.24, 2.45) is 4.99 Å². The number of rotatable bonds is 9. The molecule has 0 unspecified atom stereocenters. The summed E-state index contributed by atoms with van der Waals surface area (Å²) in [4.78, 5) is 16.1. The Morgan fingerprint density at radius 2 is 1.83 bits per heavy atom. The van der Waals surface area contributed by atoms with E-state index in [1.165, 1.54) is 31.5 Å². The van der Waals surface area contributed by atoms with Crippen molar-refractivity contribution in [1.29, 1.82) is 0 Å². The Labute approximate surface area is 178 Å². The molecule has 0 amide bonds. The van der Waals surface area contributed by atoms with Crippen molar-refractivity contribution in [3.63, 3.8) is 0 Å². The Morgan fingerprint density at radius 1 is 1.03 bits per heavy atom. The van der Waals surface area contributed by atoms with Crippen LogP contribution in [-0.4, -0.2) is 61.4 Å². The van der Waals surface area contributed by atoms with E-state index in [1.54, 1.807) is 0 Å². The highest BCUT2D eigenvalue weighted by atomic mass is 15.2. The summed E-state index contributed by atoms with van der Waals surface area (Å²) < 4.78 is 0. The van der Waals surface area contributed by atoms with E-state index in [0.717, 1.165) is 59.7 Å². The van der Waals surface area contributed by atoms with Crippen LogP contribution in [0.25, 0.3) is 22.2 Å². The average molecular weight is 403 g/mol. The van der Waals surface area contributed by atoms with E-state index >= 15 is 0 Å². The first-order valence-electron chi connectivity index (χ1n) is 10.7. The highest BCUT2D eigenvalue weighted by Gasteiger charge is 2.11. The fourth-order valence-electron chi connectivity index (χ4n) is 3.99. The summed E-state index contributed by atoms with van der Waals surface area (Å²) in [6.07, 6.45) is 5.39. The third-order valence-electron chi connectivity index (χ3n) is 5.71. The Hall–Kier alpha value is -2.83. The summed E-state index contributed by atoms with van der Waals surface area (Å²) >= 11 is 0. The number of hydrogen-bond donors (Lipinski definition) is 2. The minimum Gasteiger partial charge on any atom is -0.367 e. The van der Waals surface area contributed by atoms with Crippen LogP contribution < -0.4 is 10.6 Å². The molecule has 1 aromatic heterocycles. The van der Waals surface area contributed by atoms with Crippen molar-refractivity contribution in [3.05, 3.63) is 48.2 Å². The molecule has 0 bridgehead atoms. The van der Waals surface area contributed by atoms with Gasteiger partial charge in [0.05, 0.1) is 22.9 Å². The number of fused-ring (bicyclic) bond motifs is 1. The zero-order chi connectivity index (χ0) is 20.8. The standard InChI is InChI=1S/C24H30N6/c1-25-10-9-18-5-6-19(15-22(18)26-2)20-7-8-21-23(16-20)29-24(17-28-21)27-11-14-30-12-3-4-13-30/h5-8,15-17,25H,2-4,9-14H2,1H3,(H,27,29). The van der Waals surface area contributed by atoms with E-state index in [4.69, 9.17) is 4.98 Å². The third-order valence-corrected chi connectivity index (χ3v) is 5.71. The molecule has 0 aliphatic carbocycles. The van der Waals surface area contributed by atoms with Crippen molar-refractivity contribution in [3.8, 4) is 11.1 Å². The lowest BCUT2D eigenvalue weighted by Gasteiger charge is -2.15. The number of hydrogen-bond acceptors (Lipinski definition) is 6. The molecule has 0 spiro atoms. The van der Waals surface area contributed by atoms with Crippen LogP contribution in [-0.2, 0) is 6.42 Å². The largest absolute Gasteiger partial charge is 0.367 e. The molecule has 2 N–H and O–H groups in total. The average Bonchev–Trinajstić information content (AvgIpc) is 3.30. The molecule has 1 aliphatic heterocycles. The van der Waals surface area contributed by atoms with E-state index in [-0.39, 0.29) is 0 Å². The normalized spacial score (nSPS) is 14.3. The zero-order valence-electron chi connectivity index (χ0n) is 17.7. The quantitative estimate of drug-likeness (QED) is 0.532. The number of nitrogens with zero attached hydrogens (tertiary/aromatic N) is 4. The molecule has 6 nitrogen and oxygen atoms in total. The van der Waals surface area contributed by atoms with Crippen molar-refractivity contribution >= 4 is 29.3 Å². The lowest BCUT2D eigenvalue weighted by molar-refractivity contribution is 0.352. The molecule has 0 atom stereocenters. The Morgan fingerprint density at radius 3 is 2.63 bits per heavy atom. The molecule has 30 heavy (non-hydrogen) atoms. The van der Waals surface area contributed by atoms with Gasteiger partial charge in [-0.3, -0.25) is 9.98 Å². The lowest BCUT2D eigenvalue weighted by atomic mass is 10.0. The van der Waals surface area contributed by atoms with Gasteiger partial charge in [0.2, 0.25) is 0 Å². The van der Waals surface area contributed by atoms with Gasteiger partial charge < -0.3 is 15.5 Å². The topological polar surface area (TPSA) is 65.4 Å². The fraction of sp³-hybridized carbons (Fsp3) is 0.375. The first-order valence-corrected chi connectivity index (χ1v) is 10.7. The van der Waals surface area contributed by atoms with Crippen LogP contribution in [0.1, 0.15) is 18.4 Å². The smallest absolute Gasteiger partial charge is 0.145 e. The molecule has 1 fully saturated rings. The van der Waals surface area contributed by atoms with Crippen molar-refractivity contribution in [1.82, 2.24) is 20.2 Å². The van der Waals surface area contributed by atoms with Gasteiger partial charge in [-0.15, -0.1) is 0 Å². The molecule has 6 heteroatoms. The second-order valence-electron chi connectivity index (χ2n) is 7.79. The monoisotopic (exact) mass is 402 g/mol. The van der Waals surface area contributed by atoms with Gasteiger partial charge in [-0.05, 0) is 87.6 Å². The molecular formula is C24H30N6. The number of aromatic nitrogens is 2. The second kappa shape index (κ2) is 9.78. The van der Waals surface area contributed by atoms with E-state index in [1.807, 2.05) is 19.3 Å². The summed E-state index contributed by atoms with van der Waals surface area (Å²) in [5, 5.41) is 6.61. The van der Waals surface area contributed by atoms with E-state index in [2.05, 4.69) is 62.6 Å². The van der Waals surface area contributed by atoms with Gasteiger partial charge in [-0.1, -0.05) is 18.2 Å². The summed E-state index contributed by atoms with van der Waals surface area (Å²) in [6, 6.07) is 12.6. The number of likely N-dealkylation sites (tertiary alicyclic amines) is 1. The Balaban J connectivity index is 1.52. The van der Waals surface area contributed by atoms with Crippen LogP contribution in [0.3, 0.4) is 0 Å². The highest BCUT2D eigenvalue weighted by Crippen LogP contribution is 2.29. The summed E-state index contributed by atoms with van der Waals surface area (Å²) in [5.41, 5.74) is 6.15. The third kappa shape index (κ3) is 4.83. The van der Waals surface area contributed by atoms with Crippen molar-refractivity contribution in [2.45, 2.75) is 19.3 Å². The van der Waals surface area contributed by atoms with Crippen LogP contribution in [0, 0.1) is 0 Å². The van der Waals surface area contributed by atoms with Crippen LogP contribution in [0.5, 0.6) is 0 Å².